The molecule has 0 aliphatic carbocycles. The number of nitro benzene ring substituents is 1. The number of ether oxygens (including phenoxy) is 2. The first kappa shape index (κ1) is 30.6. The Morgan fingerprint density at radius 3 is 2.48 bits per heavy atom. The molecule has 224 valence electrons. The topological polar surface area (TPSA) is 109 Å². The second-order valence-electron chi connectivity index (χ2n) is 10.8. The molecule has 5 rings (SSSR count). The van der Waals surface area contributed by atoms with Gasteiger partial charge in [0.2, 0.25) is 5.75 Å². The molecule has 0 unspecified atom stereocenters. The summed E-state index contributed by atoms with van der Waals surface area (Å²) in [5, 5.41) is 17.0. The Kier molecular flexibility index (Phi) is 8.91. The Bertz CT molecular complexity index is 1970. The van der Waals surface area contributed by atoms with E-state index in [1.54, 1.807) is 31.4 Å². The number of methoxy groups -OCH3 is 1. The number of hydrogen-bond donors (Lipinski definition) is 0. The SMILES string of the molecule is COc1cc(C)c(-c2nc3ccccc3c(=O)n2N=Cc2cc(Br)c(OCc3ccc(C)cc3)c([N+](=O)[O-])c2)cc1C(C)C. The van der Waals surface area contributed by atoms with Crippen LogP contribution in [0.3, 0.4) is 0 Å². The van der Waals surface area contributed by atoms with E-state index in [1.807, 2.05) is 56.3 Å². The molecule has 0 aliphatic heterocycles. The third-order valence-electron chi connectivity index (χ3n) is 7.26. The predicted octanol–water partition coefficient (Wildman–Crippen LogP) is 7.94. The van der Waals surface area contributed by atoms with Crippen molar-refractivity contribution in [1.82, 2.24) is 9.66 Å². The zero-order valence-corrected chi connectivity index (χ0v) is 26.6. The highest BCUT2D eigenvalue weighted by atomic mass is 79.9. The molecule has 0 amide bonds. The van der Waals surface area contributed by atoms with Crippen molar-refractivity contribution in [2.75, 3.05) is 7.11 Å². The average molecular weight is 656 g/mol. The van der Waals surface area contributed by atoms with Gasteiger partial charge in [-0.05, 0) is 82.7 Å². The molecule has 1 heterocycles. The summed E-state index contributed by atoms with van der Waals surface area (Å²) in [6, 6.07) is 21.7. The van der Waals surface area contributed by atoms with Crippen molar-refractivity contribution in [3.05, 3.63) is 126 Å². The van der Waals surface area contributed by atoms with Crippen molar-refractivity contribution in [3.8, 4) is 22.9 Å². The van der Waals surface area contributed by atoms with Crippen molar-refractivity contribution in [3.63, 3.8) is 0 Å². The van der Waals surface area contributed by atoms with E-state index in [9.17, 15) is 14.9 Å². The van der Waals surface area contributed by atoms with E-state index >= 15 is 0 Å². The molecule has 10 heteroatoms. The smallest absolute Gasteiger partial charge is 0.312 e. The predicted molar refractivity (Wildman–Crippen MR) is 176 cm³/mol. The maximum Gasteiger partial charge on any atom is 0.312 e. The molecule has 9 nitrogen and oxygen atoms in total. The monoisotopic (exact) mass is 654 g/mol. The fraction of sp³-hybridized carbons (Fsp3) is 0.206. The van der Waals surface area contributed by atoms with E-state index < -0.39 is 4.92 Å². The van der Waals surface area contributed by atoms with Crippen LogP contribution in [-0.2, 0) is 6.61 Å². The third kappa shape index (κ3) is 6.26. The molecule has 0 atom stereocenters. The number of nitrogens with zero attached hydrogens (tertiary/aromatic N) is 4. The molecule has 0 N–H and O–H groups in total. The van der Waals surface area contributed by atoms with Crippen molar-refractivity contribution in [1.29, 1.82) is 0 Å². The molecular weight excluding hydrogens is 624 g/mol. The minimum Gasteiger partial charge on any atom is -0.496 e. The van der Waals surface area contributed by atoms with Crippen LogP contribution in [0.15, 0.2) is 87.2 Å². The van der Waals surface area contributed by atoms with E-state index in [0.29, 0.717) is 26.8 Å². The maximum atomic E-state index is 13.8. The van der Waals surface area contributed by atoms with Crippen LogP contribution in [0.4, 0.5) is 5.69 Å². The van der Waals surface area contributed by atoms with Crippen LogP contribution in [0.1, 0.15) is 47.6 Å². The first-order chi connectivity index (χ1) is 21.1. The van der Waals surface area contributed by atoms with Gasteiger partial charge < -0.3 is 9.47 Å². The number of fused-ring (bicyclic) bond motifs is 1. The van der Waals surface area contributed by atoms with E-state index in [2.05, 4.69) is 34.9 Å². The largest absolute Gasteiger partial charge is 0.496 e. The second-order valence-corrected chi connectivity index (χ2v) is 11.6. The Morgan fingerprint density at radius 1 is 1.07 bits per heavy atom. The molecule has 0 fully saturated rings. The summed E-state index contributed by atoms with van der Waals surface area (Å²) >= 11 is 3.44. The fourth-order valence-electron chi connectivity index (χ4n) is 4.89. The molecule has 0 spiro atoms. The number of benzene rings is 4. The van der Waals surface area contributed by atoms with Gasteiger partial charge >= 0.3 is 5.69 Å². The Balaban J connectivity index is 1.61. The summed E-state index contributed by atoms with van der Waals surface area (Å²) in [6.45, 7) is 8.20. The summed E-state index contributed by atoms with van der Waals surface area (Å²) in [6.07, 6.45) is 1.41. The zero-order chi connectivity index (χ0) is 31.5. The van der Waals surface area contributed by atoms with Gasteiger partial charge in [-0.3, -0.25) is 14.9 Å². The number of rotatable bonds is 9. The second kappa shape index (κ2) is 12.8. The summed E-state index contributed by atoms with van der Waals surface area (Å²) in [5.41, 5.74) is 4.86. The van der Waals surface area contributed by atoms with Crippen LogP contribution in [-0.4, -0.2) is 27.9 Å². The lowest BCUT2D eigenvalue weighted by molar-refractivity contribution is -0.386. The van der Waals surface area contributed by atoms with Gasteiger partial charge in [-0.15, -0.1) is 0 Å². The summed E-state index contributed by atoms with van der Waals surface area (Å²) in [4.78, 5) is 30.2. The number of halogens is 1. The summed E-state index contributed by atoms with van der Waals surface area (Å²) in [7, 11) is 1.63. The molecule has 0 saturated carbocycles. The highest BCUT2D eigenvalue weighted by Gasteiger charge is 2.21. The summed E-state index contributed by atoms with van der Waals surface area (Å²) in [5.74, 6) is 1.35. The normalized spacial score (nSPS) is 11.4. The zero-order valence-electron chi connectivity index (χ0n) is 25.0. The molecule has 0 saturated heterocycles. The van der Waals surface area contributed by atoms with Crippen LogP contribution in [0, 0.1) is 24.0 Å². The standard InChI is InChI=1S/C34H31BrN4O5/c1-20(2)26-17-27(22(4)14-31(26)43-5)33-37-29-9-7-6-8-25(29)34(40)38(33)36-18-24-15-28(35)32(30(16-24)39(41)42)44-19-23-12-10-21(3)11-13-23/h6-18,20H,19H2,1-5H3. The highest BCUT2D eigenvalue weighted by molar-refractivity contribution is 9.10. The van der Waals surface area contributed by atoms with Gasteiger partial charge in [0.25, 0.3) is 5.56 Å². The van der Waals surface area contributed by atoms with Crippen LogP contribution in [0.25, 0.3) is 22.3 Å². The number of para-hydroxylation sites is 1. The van der Waals surface area contributed by atoms with E-state index in [4.69, 9.17) is 14.5 Å². The van der Waals surface area contributed by atoms with Gasteiger partial charge in [-0.1, -0.05) is 55.8 Å². The van der Waals surface area contributed by atoms with Crippen molar-refractivity contribution < 1.29 is 14.4 Å². The summed E-state index contributed by atoms with van der Waals surface area (Å²) < 4.78 is 13.1. The van der Waals surface area contributed by atoms with Gasteiger partial charge in [0.15, 0.2) is 5.82 Å². The van der Waals surface area contributed by atoms with E-state index in [0.717, 1.165) is 33.6 Å². The van der Waals surface area contributed by atoms with Crippen LogP contribution in [0.2, 0.25) is 0 Å². The van der Waals surface area contributed by atoms with E-state index in [1.165, 1.54) is 17.0 Å². The average Bonchev–Trinajstić information content (AvgIpc) is 3.00. The number of aromatic nitrogens is 2. The van der Waals surface area contributed by atoms with Crippen molar-refractivity contribution in [2.24, 2.45) is 5.10 Å². The number of aryl methyl sites for hydroxylation is 2. The Hall–Kier alpha value is -4.83. The quantitative estimate of drug-likeness (QED) is 0.0906. The molecule has 5 aromatic rings. The Morgan fingerprint density at radius 2 is 1.80 bits per heavy atom. The maximum absolute atomic E-state index is 13.8. The molecule has 1 aromatic heterocycles. The molecule has 4 aromatic carbocycles. The minimum absolute atomic E-state index is 0.105. The van der Waals surface area contributed by atoms with Crippen LogP contribution in [0.5, 0.6) is 11.5 Å². The number of hydrogen-bond acceptors (Lipinski definition) is 7. The molecule has 0 radical (unpaired) electrons. The fourth-order valence-corrected chi connectivity index (χ4v) is 5.47. The first-order valence-electron chi connectivity index (χ1n) is 14.0. The first-order valence-corrected chi connectivity index (χ1v) is 14.8. The number of nitro groups is 1. The molecular formula is C34H31BrN4O5. The molecule has 0 bridgehead atoms. The van der Waals surface area contributed by atoms with Crippen molar-refractivity contribution >= 4 is 38.7 Å². The Labute approximate surface area is 263 Å². The lowest BCUT2D eigenvalue weighted by Gasteiger charge is -2.17. The highest BCUT2D eigenvalue weighted by Crippen LogP contribution is 2.37. The van der Waals surface area contributed by atoms with Gasteiger partial charge in [0.05, 0.1) is 33.6 Å². The van der Waals surface area contributed by atoms with Gasteiger partial charge in [0, 0.05) is 17.2 Å². The van der Waals surface area contributed by atoms with E-state index in [-0.39, 0.29) is 29.5 Å². The van der Waals surface area contributed by atoms with Gasteiger partial charge in [0.1, 0.15) is 12.4 Å². The van der Waals surface area contributed by atoms with Crippen LogP contribution < -0.4 is 15.0 Å². The van der Waals surface area contributed by atoms with Gasteiger partial charge in [-0.2, -0.15) is 9.78 Å². The van der Waals surface area contributed by atoms with Crippen molar-refractivity contribution in [2.45, 2.75) is 40.2 Å². The van der Waals surface area contributed by atoms with Crippen LogP contribution >= 0.6 is 15.9 Å². The molecule has 0 aliphatic rings. The molecule has 44 heavy (non-hydrogen) atoms. The minimum atomic E-state index is -0.504. The lowest BCUT2D eigenvalue weighted by Crippen LogP contribution is -2.20. The van der Waals surface area contributed by atoms with Gasteiger partial charge in [-0.25, -0.2) is 4.98 Å². The third-order valence-corrected chi connectivity index (χ3v) is 7.85. The lowest BCUT2D eigenvalue weighted by atomic mass is 9.96.